The fraction of sp³-hybridized carbons (Fsp3) is 0.450. The summed E-state index contributed by atoms with van der Waals surface area (Å²) in [5, 5.41) is 1.95. The highest BCUT2D eigenvalue weighted by molar-refractivity contribution is 7.89. The monoisotopic (exact) mass is 404 g/mol. The summed E-state index contributed by atoms with van der Waals surface area (Å²) < 4.78 is 32.9. The number of hydrogen-bond acceptors (Lipinski definition) is 4. The number of hydrogen-bond donors (Lipinski definition) is 1. The van der Waals surface area contributed by atoms with Crippen LogP contribution < -0.4 is 4.90 Å². The van der Waals surface area contributed by atoms with Gasteiger partial charge in [-0.3, -0.25) is 4.79 Å². The molecule has 0 saturated carbocycles. The fourth-order valence-corrected chi connectivity index (χ4v) is 5.31. The van der Waals surface area contributed by atoms with Gasteiger partial charge in [0.2, 0.25) is 10.0 Å². The van der Waals surface area contributed by atoms with Gasteiger partial charge in [0.05, 0.1) is 44.3 Å². The van der Waals surface area contributed by atoms with Gasteiger partial charge in [0.1, 0.15) is 0 Å². The third kappa shape index (κ3) is 4.05. The van der Waals surface area contributed by atoms with Crippen molar-refractivity contribution in [1.82, 2.24) is 9.21 Å². The van der Waals surface area contributed by atoms with E-state index in [4.69, 9.17) is 4.74 Å². The Morgan fingerprint density at radius 2 is 1.64 bits per heavy atom. The number of carbonyl (C=O) groups is 1. The number of sulfonamides is 1. The van der Waals surface area contributed by atoms with Crippen LogP contribution in [0.4, 0.5) is 0 Å². The summed E-state index contributed by atoms with van der Waals surface area (Å²) in [6.45, 7) is 5.05. The summed E-state index contributed by atoms with van der Waals surface area (Å²) in [4.78, 5) is 15.7. The first-order valence-corrected chi connectivity index (χ1v) is 11.2. The molecule has 28 heavy (non-hydrogen) atoms. The fourth-order valence-electron chi connectivity index (χ4n) is 3.83. The van der Waals surface area contributed by atoms with E-state index in [0.717, 1.165) is 15.7 Å². The Balaban J connectivity index is 1.38. The molecule has 2 saturated heterocycles. The molecule has 4 rings (SSSR count). The molecule has 1 N–H and O–H groups in total. The van der Waals surface area contributed by atoms with E-state index in [9.17, 15) is 13.2 Å². The van der Waals surface area contributed by atoms with Gasteiger partial charge in [0.25, 0.3) is 5.91 Å². The van der Waals surface area contributed by atoms with Crippen molar-refractivity contribution in [3.8, 4) is 0 Å². The Kier molecular flexibility index (Phi) is 5.63. The molecule has 2 aromatic carbocycles. The average Bonchev–Trinajstić information content (AvgIpc) is 2.74. The van der Waals surface area contributed by atoms with E-state index in [0.29, 0.717) is 63.9 Å². The maximum Gasteiger partial charge on any atom is 0.277 e. The van der Waals surface area contributed by atoms with Crippen LogP contribution in [-0.2, 0) is 19.6 Å². The highest BCUT2D eigenvalue weighted by Crippen LogP contribution is 2.21. The molecule has 7 nitrogen and oxygen atoms in total. The van der Waals surface area contributed by atoms with Gasteiger partial charge in [-0.2, -0.15) is 4.31 Å². The molecule has 2 heterocycles. The molecule has 2 aliphatic rings. The highest BCUT2D eigenvalue weighted by atomic mass is 32.2. The zero-order valence-electron chi connectivity index (χ0n) is 15.8. The van der Waals surface area contributed by atoms with Crippen molar-refractivity contribution in [1.29, 1.82) is 0 Å². The molecular weight excluding hydrogens is 378 g/mol. The third-order valence-corrected chi connectivity index (χ3v) is 7.45. The van der Waals surface area contributed by atoms with Crippen molar-refractivity contribution in [3.63, 3.8) is 0 Å². The number of quaternary nitrogens is 1. The zero-order chi connectivity index (χ0) is 19.6. The first-order valence-electron chi connectivity index (χ1n) is 9.72. The summed E-state index contributed by atoms with van der Waals surface area (Å²) in [6, 6.07) is 13.0. The van der Waals surface area contributed by atoms with E-state index in [2.05, 4.69) is 0 Å². The number of benzene rings is 2. The maximum atomic E-state index is 13.0. The third-order valence-electron chi connectivity index (χ3n) is 5.55. The number of morpholine rings is 1. The van der Waals surface area contributed by atoms with Crippen molar-refractivity contribution in [2.24, 2.45) is 0 Å². The van der Waals surface area contributed by atoms with Crippen LogP contribution in [0.2, 0.25) is 0 Å². The minimum absolute atomic E-state index is 0.129. The number of carbonyl (C=O) groups excluding carboxylic acids is 1. The molecule has 150 valence electrons. The number of fused-ring (bicyclic) bond motifs is 1. The first kappa shape index (κ1) is 19.3. The molecule has 0 spiro atoms. The summed E-state index contributed by atoms with van der Waals surface area (Å²) in [6.07, 6.45) is 0. The second-order valence-corrected chi connectivity index (χ2v) is 9.27. The van der Waals surface area contributed by atoms with Gasteiger partial charge in [0.15, 0.2) is 6.54 Å². The number of piperazine rings is 1. The number of amides is 1. The van der Waals surface area contributed by atoms with Crippen molar-refractivity contribution in [3.05, 3.63) is 42.5 Å². The Bertz CT molecular complexity index is 949. The summed E-state index contributed by atoms with van der Waals surface area (Å²) in [7, 11) is -3.52. The Labute approximate surface area is 165 Å². The molecule has 2 aromatic rings. The van der Waals surface area contributed by atoms with Crippen LogP contribution in [0.15, 0.2) is 47.4 Å². The van der Waals surface area contributed by atoms with Gasteiger partial charge >= 0.3 is 0 Å². The topological polar surface area (TPSA) is 71.4 Å². The number of rotatable bonds is 4. The van der Waals surface area contributed by atoms with Gasteiger partial charge in [-0.05, 0) is 22.9 Å². The second-order valence-electron chi connectivity index (χ2n) is 7.33. The highest BCUT2D eigenvalue weighted by Gasteiger charge is 2.32. The molecule has 2 aliphatic heterocycles. The Hall–Kier alpha value is -2.00. The van der Waals surface area contributed by atoms with Gasteiger partial charge in [-0.1, -0.05) is 30.3 Å². The molecule has 0 unspecified atom stereocenters. The SMILES string of the molecule is O=C(C[NH+]1CCN(S(=O)(=O)c2ccc3ccccc3c2)CC1)N1CCOCC1. The lowest BCUT2D eigenvalue weighted by atomic mass is 10.1. The van der Waals surface area contributed by atoms with Crippen LogP contribution in [0, 0.1) is 0 Å². The van der Waals surface area contributed by atoms with E-state index in [1.807, 2.05) is 35.2 Å². The van der Waals surface area contributed by atoms with Gasteiger partial charge in [-0.15, -0.1) is 0 Å². The molecule has 0 atom stereocenters. The van der Waals surface area contributed by atoms with Crippen molar-refractivity contribution >= 4 is 26.7 Å². The molecule has 2 fully saturated rings. The van der Waals surface area contributed by atoms with Crippen molar-refractivity contribution in [2.75, 3.05) is 59.0 Å². The van der Waals surface area contributed by atoms with Crippen LogP contribution in [0.5, 0.6) is 0 Å². The minimum atomic E-state index is -3.52. The second kappa shape index (κ2) is 8.16. The number of nitrogens with one attached hydrogen (secondary N) is 1. The lowest BCUT2D eigenvalue weighted by Crippen LogP contribution is -3.15. The van der Waals surface area contributed by atoms with Crippen LogP contribution in [-0.4, -0.2) is 82.6 Å². The van der Waals surface area contributed by atoms with Crippen LogP contribution in [0.1, 0.15) is 0 Å². The summed E-state index contributed by atoms with van der Waals surface area (Å²) in [5.74, 6) is 0.129. The molecule has 0 bridgehead atoms. The number of nitrogens with zero attached hydrogens (tertiary/aromatic N) is 2. The largest absolute Gasteiger partial charge is 0.378 e. The Morgan fingerprint density at radius 3 is 2.36 bits per heavy atom. The normalized spacial score (nSPS) is 19.8. The zero-order valence-corrected chi connectivity index (χ0v) is 16.7. The maximum absolute atomic E-state index is 13.0. The average molecular weight is 405 g/mol. The predicted molar refractivity (Wildman–Crippen MR) is 106 cm³/mol. The molecular formula is C20H26N3O4S+. The van der Waals surface area contributed by atoms with E-state index in [1.165, 1.54) is 0 Å². The van der Waals surface area contributed by atoms with E-state index in [-0.39, 0.29) is 5.91 Å². The molecule has 1 amide bonds. The van der Waals surface area contributed by atoms with Crippen molar-refractivity contribution < 1.29 is 22.8 Å². The van der Waals surface area contributed by atoms with Gasteiger partial charge in [-0.25, -0.2) is 8.42 Å². The molecule has 0 aliphatic carbocycles. The molecule has 8 heteroatoms. The smallest absolute Gasteiger partial charge is 0.277 e. The van der Waals surface area contributed by atoms with E-state index < -0.39 is 10.0 Å². The van der Waals surface area contributed by atoms with Crippen LogP contribution in [0.25, 0.3) is 10.8 Å². The van der Waals surface area contributed by atoms with E-state index >= 15 is 0 Å². The quantitative estimate of drug-likeness (QED) is 0.752. The first-order chi connectivity index (χ1) is 13.5. The molecule has 0 aromatic heterocycles. The van der Waals surface area contributed by atoms with Gasteiger partial charge in [0, 0.05) is 13.1 Å². The van der Waals surface area contributed by atoms with E-state index in [1.54, 1.807) is 16.4 Å². The molecule has 0 radical (unpaired) electrons. The minimum Gasteiger partial charge on any atom is -0.378 e. The summed E-state index contributed by atoms with van der Waals surface area (Å²) in [5.41, 5.74) is 0. The van der Waals surface area contributed by atoms with Crippen molar-refractivity contribution in [2.45, 2.75) is 4.90 Å². The lowest BCUT2D eigenvalue weighted by Gasteiger charge is -2.33. The standard InChI is InChI=1S/C20H25N3O4S/c24-20(22-11-13-27-14-12-22)16-21-7-9-23(10-8-21)28(25,26)19-6-5-17-3-1-2-4-18(17)15-19/h1-6,15H,7-14,16H2/p+1. The summed E-state index contributed by atoms with van der Waals surface area (Å²) >= 11 is 0. The van der Waals surface area contributed by atoms with Crippen LogP contribution in [0.3, 0.4) is 0 Å². The predicted octanol–water partition coefficient (Wildman–Crippen LogP) is -0.412. The van der Waals surface area contributed by atoms with Gasteiger partial charge < -0.3 is 14.5 Å². The number of ether oxygens (including phenoxy) is 1. The lowest BCUT2D eigenvalue weighted by molar-refractivity contribution is -0.896. The Morgan fingerprint density at radius 1 is 0.964 bits per heavy atom. The van der Waals surface area contributed by atoms with Crippen LogP contribution >= 0.6 is 0 Å².